The summed E-state index contributed by atoms with van der Waals surface area (Å²) in [5.41, 5.74) is 1.87. The molecule has 1 aliphatic rings. The van der Waals surface area contributed by atoms with Gasteiger partial charge in [-0.3, -0.25) is 4.79 Å². The van der Waals surface area contributed by atoms with Gasteiger partial charge in [0.15, 0.2) is 0 Å². The molecule has 1 amide bonds. The third-order valence-corrected chi connectivity index (χ3v) is 4.16. The van der Waals surface area contributed by atoms with Gasteiger partial charge in [0.2, 0.25) is 0 Å². The van der Waals surface area contributed by atoms with Gasteiger partial charge in [-0.15, -0.1) is 0 Å². The summed E-state index contributed by atoms with van der Waals surface area (Å²) in [6.07, 6.45) is 0. The van der Waals surface area contributed by atoms with Crippen LogP contribution in [0.5, 0.6) is 0 Å². The van der Waals surface area contributed by atoms with Crippen molar-refractivity contribution in [1.29, 1.82) is 0 Å². The highest BCUT2D eigenvalue weighted by molar-refractivity contribution is 9.10. The van der Waals surface area contributed by atoms with Crippen LogP contribution in [-0.4, -0.2) is 35.4 Å². The third kappa shape index (κ3) is 2.61. The van der Waals surface area contributed by atoms with E-state index in [-0.39, 0.29) is 5.91 Å². The minimum absolute atomic E-state index is 0.166. The lowest BCUT2D eigenvalue weighted by atomic mass is 10.1. The molecule has 0 saturated carbocycles. The van der Waals surface area contributed by atoms with Gasteiger partial charge >= 0.3 is 0 Å². The molecule has 0 bridgehead atoms. The third-order valence-electron chi connectivity index (χ3n) is 2.73. The molecule has 86 valence electrons. The van der Waals surface area contributed by atoms with Gasteiger partial charge in [0.25, 0.3) is 5.91 Å². The predicted octanol–water partition coefficient (Wildman–Crippen LogP) is 2.95. The first kappa shape index (κ1) is 12.0. The lowest BCUT2D eigenvalue weighted by Gasteiger charge is -2.27. The number of carbonyl (C=O) groups is 1. The molecular weight excluding hydrogens is 286 g/mol. The SMILES string of the molecule is Cc1ccc(Br)cc1C(=O)N1CCSCC1. The number of halogens is 1. The van der Waals surface area contributed by atoms with E-state index in [0.717, 1.165) is 40.2 Å². The Labute approximate surface area is 109 Å². The maximum absolute atomic E-state index is 12.3. The van der Waals surface area contributed by atoms with Crippen LogP contribution in [0.4, 0.5) is 0 Å². The van der Waals surface area contributed by atoms with Crippen molar-refractivity contribution < 1.29 is 4.79 Å². The van der Waals surface area contributed by atoms with E-state index in [4.69, 9.17) is 0 Å². The van der Waals surface area contributed by atoms with E-state index in [1.165, 1.54) is 0 Å². The van der Waals surface area contributed by atoms with Crippen LogP contribution in [-0.2, 0) is 0 Å². The van der Waals surface area contributed by atoms with Crippen LogP contribution >= 0.6 is 27.7 Å². The summed E-state index contributed by atoms with van der Waals surface area (Å²) in [5, 5.41) is 0. The highest BCUT2D eigenvalue weighted by Gasteiger charge is 2.19. The standard InChI is InChI=1S/C12H14BrNOS/c1-9-2-3-10(13)8-11(9)12(15)14-4-6-16-7-5-14/h2-3,8H,4-7H2,1H3. The first-order valence-corrected chi connectivity index (χ1v) is 7.26. The quantitative estimate of drug-likeness (QED) is 0.795. The topological polar surface area (TPSA) is 20.3 Å². The van der Waals surface area contributed by atoms with Gasteiger partial charge < -0.3 is 4.90 Å². The van der Waals surface area contributed by atoms with Crippen LogP contribution in [0.3, 0.4) is 0 Å². The number of benzene rings is 1. The van der Waals surface area contributed by atoms with Crippen LogP contribution in [0.25, 0.3) is 0 Å². The molecule has 1 fully saturated rings. The number of rotatable bonds is 1. The van der Waals surface area contributed by atoms with Crippen molar-refractivity contribution in [2.24, 2.45) is 0 Å². The van der Waals surface area contributed by atoms with E-state index < -0.39 is 0 Å². The number of hydrogen-bond donors (Lipinski definition) is 0. The van der Waals surface area contributed by atoms with Crippen molar-refractivity contribution in [3.63, 3.8) is 0 Å². The Bertz CT molecular complexity index is 402. The smallest absolute Gasteiger partial charge is 0.254 e. The summed E-state index contributed by atoms with van der Waals surface area (Å²) >= 11 is 5.33. The summed E-state index contributed by atoms with van der Waals surface area (Å²) in [5.74, 6) is 2.27. The van der Waals surface area contributed by atoms with Crippen LogP contribution in [0, 0.1) is 6.92 Å². The molecule has 0 radical (unpaired) electrons. The van der Waals surface area contributed by atoms with Crippen LogP contribution in [0.2, 0.25) is 0 Å². The summed E-state index contributed by atoms with van der Waals surface area (Å²) in [6, 6.07) is 5.87. The van der Waals surface area contributed by atoms with Gasteiger partial charge in [-0.1, -0.05) is 22.0 Å². The normalized spacial score (nSPS) is 16.2. The number of aryl methyl sites for hydroxylation is 1. The van der Waals surface area contributed by atoms with E-state index in [9.17, 15) is 4.79 Å². The minimum atomic E-state index is 0.166. The zero-order chi connectivity index (χ0) is 11.5. The van der Waals surface area contributed by atoms with Crippen molar-refractivity contribution in [2.75, 3.05) is 24.6 Å². The monoisotopic (exact) mass is 299 g/mol. The maximum Gasteiger partial charge on any atom is 0.254 e. The van der Waals surface area contributed by atoms with Crippen molar-refractivity contribution in [2.45, 2.75) is 6.92 Å². The Morgan fingerprint density at radius 2 is 2.06 bits per heavy atom. The van der Waals surface area contributed by atoms with Gasteiger partial charge in [-0.2, -0.15) is 11.8 Å². The van der Waals surface area contributed by atoms with Crippen LogP contribution < -0.4 is 0 Å². The summed E-state index contributed by atoms with van der Waals surface area (Å²) in [4.78, 5) is 14.2. The molecule has 1 heterocycles. The lowest BCUT2D eigenvalue weighted by molar-refractivity contribution is 0.0771. The number of hydrogen-bond acceptors (Lipinski definition) is 2. The molecule has 1 aliphatic heterocycles. The molecule has 0 aliphatic carbocycles. The summed E-state index contributed by atoms with van der Waals surface area (Å²) in [7, 11) is 0. The Morgan fingerprint density at radius 1 is 1.38 bits per heavy atom. The molecule has 16 heavy (non-hydrogen) atoms. The number of carbonyl (C=O) groups excluding carboxylic acids is 1. The van der Waals surface area contributed by atoms with Gasteiger partial charge in [-0.25, -0.2) is 0 Å². The van der Waals surface area contributed by atoms with Crippen molar-refractivity contribution in [1.82, 2.24) is 4.90 Å². The van der Waals surface area contributed by atoms with Crippen LogP contribution in [0.1, 0.15) is 15.9 Å². The van der Waals surface area contributed by atoms with E-state index in [2.05, 4.69) is 15.9 Å². The zero-order valence-corrected chi connectivity index (χ0v) is 11.6. The molecular formula is C12H14BrNOS. The Kier molecular flexibility index (Phi) is 3.92. The fourth-order valence-corrected chi connectivity index (χ4v) is 3.03. The zero-order valence-electron chi connectivity index (χ0n) is 9.20. The van der Waals surface area contributed by atoms with E-state index in [1.54, 1.807) is 0 Å². The second-order valence-corrected chi connectivity index (χ2v) is 6.00. The minimum Gasteiger partial charge on any atom is -0.337 e. The van der Waals surface area contributed by atoms with Crippen molar-refractivity contribution in [3.05, 3.63) is 33.8 Å². The highest BCUT2D eigenvalue weighted by Crippen LogP contribution is 2.19. The molecule has 2 nitrogen and oxygen atoms in total. The second kappa shape index (κ2) is 5.23. The molecule has 0 unspecified atom stereocenters. The Hall–Kier alpha value is -0.480. The van der Waals surface area contributed by atoms with Crippen LogP contribution in [0.15, 0.2) is 22.7 Å². The molecule has 1 aromatic carbocycles. The first-order valence-electron chi connectivity index (χ1n) is 5.31. The molecule has 2 rings (SSSR count). The number of amides is 1. The number of thioether (sulfide) groups is 1. The number of nitrogens with zero attached hydrogens (tertiary/aromatic N) is 1. The summed E-state index contributed by atoms with van der Waals surface area (Å²) < 4.78 is 0.966. The van der Waals surface area contributed by atoms with Gasteiger partial charge in [0, 0.05) is 34.6 Å². The Morgan fingerprint density at radius 3 is 2.75 bits per heavy atom. The average molecular weight is 300 g/mol. The fourth-order valence-electron chi connectivity index (χ4n) is 1.76. The van der Waals surface area contributed by atoms with E-state index >= 15 is 0 Å². The first-order chi connectivity index (χ1) is 7.68. The average Bonchev–Trinajstić information content (AvgIpc) is 2.32. The predicted molar refractivity (Wildman–Crippen MR) is 72.1 cm³/mol. The largest absolute Gasteiger partial charge is 0.337 e. The molecule has 0 spiro atoms. The molecule has 1 saturated heterocycles. The highest BCUT2D eigenvalue weighted by atomic mass is 79.9. The van der Waals surface area contributed by atoms with E-state index in [0.29, 0.717) is 0 Å². The van der Waals surface area contributed by atoms with E-state index in [1.807, 2.05) is 41.8 Å². The Balaban J connectivity index is 2.22. The van der Waals surface area contributed by atoms with Crippen molar-refractivity contribution >= 4 is 33.6 Å². The fraction of sp³-hybridized carbons (Fsp3) is 0.417. The van der Waals surface area contributed by atoms with Gasteiger partial charge in [0.1, 0.15) is 0 Å². The molecule has 1 aromatic rings. The van der Waals surface area contributed by atoms with Gasteiger partial charge in [-0.05, 0) is 24.6 Å². The molecule has 4 heteroatoms. The summed E-state index contributed by atoms with van der Waals surface area (Å²) in [6.45, 7) is 3.73. The van der Waals surface area contributed by atoms with Crippen molar-refractivity contribution in [3.8, 4) is 0 Å². The molecule has 0 N–H and O–H groups in total. The second-order valence-electron chi connectivity index (χ2n) is 3.86. The lowest BCUT2D eigenvalue weighted by Crippen LogP contribution is -2.38. The maximum atomic E-state index is 12.3. The van der Waals surface area contributed by atoms with Gasteiger partial charge in [0.05, 0.1) is 0 Å². The molecule has 0 atom stereocenters. The molecule has 0 aromatic heterocycles.